The number of hydrogen-bond acceptors (Lipinski definition) is 5. The second kappa shape index (κ2) is 7.37. The lowest BCUT2D eigenvalue weighted by atomic mass is 10.1. The standard InChI is InChI=1S/C15H23N3O4S/c1-17(2)23(21,22)11-13-9-18(10-14(13)19)15(20)4-3-12-5-7-16-8-6-12/h5-8,13-14,19H,3-4,9-11H2,1-2H3/t13-,14-/m0/s1. The Morgan fingerprint density at radius 1 is 1.35 bits per heavy atom. The summed E-state index contributed by atoms with van der Waals surface area (Å²) in [6.07, 6.45) is 3.51. The summed E-state index contributed by atoms with van der Waals surface area (Å²) < 4.78 is 25.0. The number of hydrogen-bond donors (Lipinski definition) is 1. The minimum absolute atomic E-state index is 0.0642. The van der Waals surface area contributed by atoms with E-state index in [1.807, 2.05) is 12.1 Å². The molecule has 2 rings (SSSR count). The van der Waals surface area contributed by atoms with Crippen molar-refractivity contribution in [2.45, 2.75) is 18.9 Å². The van der Waals surface area contributed by atoms with Crippen molar-refractivity contribution in [1.82, 2.24) is 14.2 Å². The number of aliphatic hydroxyl groups excluding tert-OH is 1. The van der Waals surface area contributed by atoms with Crippen LogP contribution in [0.15, 0.2) is 24.5 Å². The van der Waals surface area contributed by atoms with Gasteiger partial charge in [0.1, 0.15) is 0 Å². The Kier molecular flexibility index (Phi) is 5.72. The van der Waals surface area contributed by atoms with Gasteiger partial charge in [-0.15, -0.1) is 0 Å². The summed E-state index contributed by atoms with van der Waals surface area (Å²) in [7, 11) is -0.457. The number of aryl methyl sites for hydroxylation is 1. The smallest absolute Gasteiger partial charge is 0.223 e. The van der Waals surface area contributed by atoms with E-state index in [0.717, 1.165) is 9.87 Å². The molecule has 23 heavy (non-hydrogen) atoms. The Morgan fingerprint density at radius 2 is 2.00 bits per heavy atom. The van der Waals surface area contributed by atoms with Crippen LogP contribution in [-0.4, -0.2) is 72.7 Å². The summed E-state index contributed by atoms with van der Waals surface area (Å²) in [5.74, 6) is -0.646. The minimum atomic E-state index is -3.39. The predicted molar refractivity (Wildman–Crippen MR) is 86.1 cm³/mol. The Hall–Kier alpha value is -1.51. The molecule has 2 atom stereocenters. The molecule has 1 aliphatic rings. The van der Waals surface area contributed by atoms with Gasteiger partial charge in [-0.25, -0.2) is 12.7 Å². The highest BCUT2D eigenvalue weighted by Gasteiger charge is 2.37. The van der Waals surface area contributed by atoms with Crippen molar-refractivity contribution in [2.24, 2.45) is 5.92 Å². The van der Waals surface area contributed by atoms with Gasteiger partial charge in [0.05, 0.1) is 11.9 Å². The lowest BCUT2D eigenvalue weighted by Crippen LogP contribution is -2.33. The van der Waals surface area contributed by atoms with Gasteiger partial charge in [0.2, 0.25) is 15.9 Å². The number of carbonyl (C=O) groups excluding carboxylic acids is 1. The van der Waals surface area contributed by atoms with E-state index in [-0.39, 0.29) is 24.7 Å². The molecule has 1 aromatic heterocycles. The van der Waals surface area contributed by atoms with Gasteiger partial charge in [-0.2, -0.15) is 0 Å². The lowest BCUT2D eigenvalue weighted by Gasteiger charge is -2.18. The lowest BCUT2D eigenvalue weighted by molar-refractivity contribution is -0.130. The fourth-order valence-corrected chi connectivity index (χ4v) is 3.77. The summed E-state index contributed by atoms with van der Waals surface area (Å²) >= 11 is 0. The van der Waals surface area contributed by atoms with Gasteiger partial charge >= 0.3 is 0 Å². The van der Waals surface area contributed by atoms with Crippen LogP contribution in [0.1, 0.15) is 12.0 Å². The molecule has 1 amide bonds. The van der Waals surface area contributed by atoms with Crippen molar-refractivity contribution in [3.8, 4) is 0 Å². The van der Waals surface area contributed by atoms with Crippen molar-refractivity contribution >= 4 is 15.9 Å². The SMILES string of the molecule is CN(C)S(=O)(=O)C[C@@H]1CN(C(=O)CCc2ccncc2)C[C@@H]1O. The quantitative estimate of drug-likeness (QED) is 0.769. The van der Waals surface area contributed by atoms with Crippen LogP contribution in [-0.2, 0) is 21.2 Å². The predicted octanol–water partition coefficient (Wildman–Crippen LogP) is -0.275. The largest absolute Gasteiger partial charge is 0.391 e. The maximum atomic E-state index is 12.2. The molecule has 1 saturated heterocycles. The first-order chi connectivity index (χ1) is 10.8. The molecule has 0 unspecified atom stereocenters. The third-order valence-corrected chi connectivity index (χ3v) is 6.08. The average Bonchev–Trinajstić information content (AvgIpc) is 2.86. The van der Waals surface area contributed by atoms with Crippen LogP contribution in [0.4, 0.5) is 0 Å². The highest BCUT2D eigenvalue weighted by atomic mass is 32.2. The van der Waals surface area contributed by atoms with Gasteiger partial charge in [-0.1, -0.05) is 0 Å². The number of amides is 1. The van der Waals surface area contributed by atoms with E-state index in [4.69, 9.17) is 0 Å². The van der Waals surface area contributed by atoms with Gasteiger partial charge in [-0.05, 0) is 24.1 Å². The molecule has 0 saturated carbocycles. The average molecular weight is 341 g/mol. The number of nitrogens with zero attached hydrogens (tertiary/aromatic N) is 3. The first-order valence-corrected chi connectivity index (χ1v) is 9.15. The van der Waals surface area contributed by atoms with E-state index < -0.39 is 22.0 Å². The van der Waals surface area contributed by atoms with E-state index in [1.54, 1.807) is 17.3 Å². The normalized spacial score (nSPS) is 21.8. The Morgan fingerprint density at radius 3 is 2.61 bits per heavy atom. The zero-order valence-corrected chi connectivity index (χ0v) is 14.2. The van der Waals surface area contributed by atoms with Crippen LogP contribution >= 0.6 is 0 Å². The van der Waals surface area contributed by atoms with E-state index >= 15 is 0 Å². The Labute approximate surface area is 137 Å². The Bertz CT molecular complexity index is 633. The fourth-order valence-electron chi connectivity index (χ4n) is 2.60. The monoisotopic (exact) mass is 341 g/mol. The van der Waals surface area contributed by atoms with Crippen molar-refractivity contribution < 1.29 is 18.3 Å². The molecule has 0 aromatic carbocycles. The van der Waals surface area contributed by atoms with Gasteiger partial charge in [0, 0.05) is 51.9 Å². The zero-order chi connectivity index (χ0) is 17.0. The van der Waals surface area contributed by atoms with Crippen molar-refractivity contribution in [3.05, 3.63) is 30.1 Å². The Balaban J connectivity index is 1.89. The van der Waals surface area contributed by atoms with Crippen LogP contribution in [0.5, 0.6) is 0 Å². The zero-order valence-electron chi connectivity index (χ0n) is 13.4. The number of pyridine rings is 1. The molecule has 1 aromatic rings. The molecule has 128 valence electrons. The number of β-amino-alcohol motifs (C(OH)–C–C–N with tert-alkyl or cyclic N) is 1. The molecule has 2 heterocycles. The molecular formula is C15H23N3O4S. The van der Waals surface area contributed by atoms with Crippen LogP contribution in [0, 0.1) is 5.92 Å². The van der Waals surface area contributed by atoms with E-state index in [1.165, 1.54) is 14.1 Å². The molecule has 1 fully saturated rings. The second-order valence-electron chi connectivity index (χ2n) is 6.04. The van der Waals surface area contributed by atoms with E-state index in [0.29, 0.717) is 12.8 Å². The molecule has 1 aliphatic heterocycles. The molecule has 8 heteroatoms. The van der Waals surface area contributed by atoms with Gasteiger partial charge in [-0.3, -0.25) is 9.78 Å². The highest BCUT2D eigenvalue weighted by molar-refractivity contribution is 7.89. The van der Waals surface area contributed by atoms with Gasteiger partial charge in [0.25, 0.3) is 0 Å². The maximum Gasteiger partial charge on any atom is 0.223 e. The first-order valence-electron chi connectivity index (χ1n) is 7.54. The summed E-state index contributed by atoms with van der Waals surface area (Å²) in [6, 6.07) is 3.72. The number of sulfonamides is 1. The van der Waals surface area contributed by atoms with Crippen LogP contribution in [0.3, 0.4) is 0 Å². The van der Waals surface area contributed by atoms with Crippen molar-refractivity contribution in [3.63, 3.8) is 0 Å². The number of likely N-dealkylation sites (tertiary alicyclic amines) is 1. The molecule has 1 N–H and O–H groups in total. The van der Waals surface area contributed by atoms with Crippen LogP contribution < -0.4 is 0 Å². The number of aliphatic hydroxyl groups is 1. The third-order valence-electron chi connectivity index (χ3n) is 4.12. The van der Waals surface area contributed by atoms with Crippen LogP contribution in [0.25, 0.3) is 0 Å². The van der Waals surface area contributed by atoms with Crippen LogP contribution in [0.2, 0.25) is 0 Å². The number of rotatable bonds is 6. The van der Waals surface area contributed by atoms with Crippen molar-refractivity contribution in [1.29, 1.82) is 0 Å². The molecule has 0 spiro atoms. The fraction of sp³-hybridized carbons (Fsp3) is 0.600. The first kappa shape index (κ1) is 17.8. The summed E-state index contributed by atoms with van der Waals surface area (Å²) in [5.41, 5.74) is 1.03. The third kappa shape index (κ3) is 4.73. The number of aromatic nitrogens is 1. The van der Waals surface area contributed by atoms with Crippen molar-refractivity contribution in [2.75, 3.05) is 32.9 Å². The number of carbonyl (C=O) groups is 1. The molecular weight excluding hydrogens is 318 g/mol. The molecule has 0 bridgehead atoms. The summed E-state index contributed by atoms with van der Waals surface area (Å²) in [5, 5.41) is 10.1. The molecule has 0 aliphatic carbocycles. The molecule has 7 nitrogen and oxygen atoms in total. The summed E-state index contributed by atoms with van der Waals surface area (Å²) in [4.78, 5) is 17.7. The van der Waals surface area contributed by atoms with Gasteiger partial charge in [0.15, 0.2) is 0 Å². The van der Waals surface area contributed by atoms with Gasteiger partial charge < -0.3 is 10.0 Å². The molecule has 0 radical (unpaired) electrons. The van der Waals surface area contributed by atoms with E-state index in [9.17, 15) is 18.3 Å². The minimum Gasteiger partial charge on any atom is -0.391 e. The highest BCUT2D eigenvalue weighted by Crippen LogP contribution is 2.21. The van der Waals surface area contributed by atoms with E-state index in [2.05, 4.69) is 4.98 Å². The summed E-state index contributed by atoms with van der Waals surface area (Å²) in [6.45, 7) is 0.478. The topological polar surface area (TPSA) is 90.8 Å². The second-order valence-corrected chi connectivity index (χ2v) is 8.27. The maximum absolute atomic E-state index is 12.2.